The molecular weight excluding hydrogens is 457 g/mol. The van der Waals surface area contributed by atoms with Gasteiger partial charge < -0.3 is 15.6 Å². The molecule has 33 heavy (non-hydrogen) atoms. The normalized spacial score (nSPS) is 21.2. The van der Waals surface area contributed by atoms with Crippen molar-refractivity contribution >= 4 is 35.7 Å². The smallest absolute Gasteiger partial charge is 0.122 e. The molecule has 3 heterocycles. The lowest BCUT2D eigenvalue weighted by atomic mass is 9.83. The van der Waals surface area contributed by atoms with Gasteiger partial charge in [-0.15, -0.1) is 24.8 Å². The number of nitrogens with zero attached hydrogens (tertiary/aromatic N) is 2. The molecule has 0 aliphatic carbocycles. The van der Waals surface area contributed by atoms with Crippen molar-refractivity contribution in [3.05, 3.63) is 70.9 Å². The maximum absolute atomic E-state index is 10.6. The fraction of sp³-hybridized carbons (Fsp3) is 0.423. The Morgan fingerprint density at radius 3 is 2.58 bits per heavy atom. The summed E-state index contributed by atoms with van der Waals surface area (Å²) in [5, 5.41) is 11.8. The number of ether oxygens (including phenoxy) is 1. The summed E-state index contributed by atoms with van der Waals surface area (Å²) in [7, 11) is 0. The van der Waals surface area contributed by atoms with E-state index in [1.165, 1.54) is 5.39 Å². The molecule has 5 nitrogen and oxygen atoms in total. The number of rotatable bonds is 4. The molecule has 7 heteroatoms. The summed E-state index contributed by atoms with van der Waals surface area (Å²) in [6.07, 6.45) is 2.96. The lowest BCUT2D eigenvalue weighted by Crippen LogP contribution is -2.42. The van der Waals surface area contributed by atoms with E-state index in [0.29, 0.717) is 18.2 Å². The SMILES string of the molecule is Cc1ccc2c(c1O)C[C@@H](C1CCN(Cc3ccc4ccccc4n3)CC1)O[C@H]2CN.Cl.Cl. The number of likely N-dealkylation sites (tertiary alicyclic amines) is 1. The number of piperidine rings is 1. The van der Waals surface area contributed by atoms with Crippen molar-refractivity contribution in [2.45, 2.75) is 44.9 Å². The predicted octanol–water partition coefficient (Wildman–Crippen LogP) is 4.95. The van der Waals surface area contributed by atoms with Crippen LogP contribution in [0, 0.1) is 12.8 Å². The number of phenolic OH excluding ortho intramolecular Hbond substituents is 1. The second-order valence-corrected chi connectivity index (χ2v) is 9.01. The van der Waals surface area contributed by atoms with Gasteiger partial charge in [-0.25, -0.2) is 0 Å². The van der Waals surface area contributed by atoms with Crippen molar-refractivity contribution in [1.29, 1.82) is 0 Å². The Bertz CT molecular complexity index is 1090. The Balaban J connectivity index is 0.00000153. The van der Waals surface area contributed by atoms with E-state index in [2.05, 4.69) is 41.3 Å². The van der Waals surface area contributed by atoms with Crippen LogP contribution in [-0.4, -0.2) is 40.7 Å². The highest BCUT2D eigenvalue weighted by Crippen LogP contribution is 2.40. The Hall–Kier alpha value is -1.89. The molecule has 5 rings (SSSR count). The number of para-hydroxylation sites is 1. The molecule has 2 aliphatic rings. The summed E-state index contributed by atoms with van der Waals surface area (Å²) in [4.78, 5) is 7.33. The average Bonchev–Trinajstić information content (AvgIpc) is 2.81. The molecular formula is C26H33Cl2N3O2. The van der Waals surface area contributed by atoms with Gasteiger partial charge >= 0.3 is 0 Å². The quantitative estimate of drug-likeness (QED) is 0.542. The highest BCUT2D eigenvalue weighted by atomic mass is 35.5. The number of nitrogens with two attached hydrogens (primary N) is 1. The van der Waals surface area contributed by atoms with E-state index >= 15 is 0 Å². The third-order valence-corrected chi connectivity index (χ3v) is 7.03. The molecule has 2 aromatic carbocycles. The van der Waals surface area contributed by atoms with E-state index < -0.39 is 0 Å². The van der Waals surface area contributed by atoms with Crippen molar-refractivity contribution in [1.82, 2.24) is 9.88 Å². The topological polar surface area (TPSA) is 71.6 Å². The summed E-state index contributed by atoms with van der Waals surface area (Å²) >= 11 is 0. The minimum Gasteiger partial charge on any atom is -0.507 e. The van der Waals surface area contributed by atoms with Crippen molar-refractivity contribution in [3.63, 3.8) is 0 Å². The lowest BCUT2D eigenvalue weighted by molar-refractivity contribution is -0.0651. The van der Waals surface area contributed by atoms with Gasteiger partial charge in [-0.1, -0.05) is 36.4 Å². The van der Waals surface area contributed by atoms with Crippen molar-refractivity contribution in [2.75, 3.05) is 19.6 Å². The summed E-state index contributed by atoms with van der Waals surface area (Å²) in [6.45, 7) is 5.37. The second-order valence-electron chi connectivity index (χ2n) is 9.01. The summed E-state index contributed by atoms with van der Waals surface area (Å²) in [5.41, 5.74) is 11.2. The van der Waals surface area contributed by atoms with E-state index in [-0.39, 0.29) is 37.0 Å². The molecule has 3 N–H and O–H groups in total. The number of phenols is 1. The van der Waals surface area contributed by atoms with Crippen LogP contribution in [0.2, 0.25) is 0 Å². The third-order valence-electron chi connectivity index (χ3n) is 7.03. The first-order chi connectivity index (χ1) is 15.1. The zero-order valence-corrected chi connectivity index (χ0v) is 20.6. The third kappa shape index (κ3) is 5.28. The molecule has 2 atom stereocenters. The number of aryl methyl sites for hydroxylation is 1. The lowest BCUT2D eigenvalue weighted by Gasteiger charge is -2.40. The van der Waals surface area contributed by atoms with Gasteiger partial charge in [0.25, 0.3) is 0 Å². The van der Waals surface area contributed by atoms with E-state index in [1.54, 1.807) is 0 Å². The minimum absolute atomic E-state index is 0. The number of halogens is 2. The number of pyridine rings is 1. The van der Waals surface area contributed by atoms with E-state index in [1.807, 2.05) is 19.1 Å². The van der Waals surface area contributed by atoms with Crippen LogP contribution in [0.25, 0.3) is 10.9 Å². The van der Waals surface area contributed by atoms with Crippen molar-refractivity contribution in [3.8, 4) is 5.75 Å². The van der Waals surface area contributed by atoms with Gasteiger partial charge in [0.1, 0.15) is 5.75 Å². The van der Waals surface area contributed by atoms with Crippen LogP contribution >= 0.6 is 24.8 Å². The number of aromatic hydroxyl groups is 1. The van der Waals surface area contributed by atoms with Crippen molar-refractivity contribution in [2.24, 2.45) is 11.7 Å². The molecule has 1 aromatic heterocycles. The molecule has 178 valence electrons. The molecule has 0 radical (unpaired) electrons. The Labute approximate surface area is 208 Å². The van der Waals surface area contributed by atoms with E-state index in [0.717, 1.165) is 66.8 Å². The first-order valence-electron chi connectivity index (χ1n) is 11.4. The Morgan fingerprint density at radius 2 is 1.82 bits per heavy atom. The average molecular weight is 490 g/mol. The monoisotopic (exact) mass is 489 g/mol. The zero-order chi connectivity index (χ0) is 21.4. The largest absolute Gasteiger partial charge is 0.507 e. The minimum atomic E-state index is -0.125. The molecule has 0 unspecified atom stereocenters. The van der Waals surface area contributed by atoms with Crippen LogP contribution in [0.5, 0.6) is 5.75 Å². The Kier molecular flexibility index (Phi) is 8.59. The van der Waals surface area contributed by atoms with Gasteiger partial charge in [0.05, 0.1) is 23.4 Å². The highest BCUT2D eigenvalue weighted by molar-refractivity contribution is 5.85. The first kappa shape index (κ1) is 25.7. The fourth-order valence-electron chi connectivity index (χ4n) is 5.19. The molecule has 0 amide bonds. The van der Waals surface area contributed by atoms with Gasteiger partial charge in [0.15, 0.2) is 0 Å². The number of benzene rings is 2. The van der Waals surface area contributed by atoms with Gasteiger partial charge in [-0.3, -0.25) is 9.88 Å². The van der Waals surface area contributed by atoms with Crippen molar-refractivity contribution < 1.29 is 9.84 Å². The molecule has 1 saturated heterocycles. The van der Waals surface area contributed by atoms with Gasteiger partial charge in [-0.2, -0.15) is 0 Å². The molecule has 2 aliphatic heterocycles. The number of hydrogen-bond donors (Lipinski definition) is 2. The molecule has 0 spiro atoms. The summed E-state index contributed by atoms with van der Waals surface area (Å²) in [5.74, 6) is 0.909. The van der Waals surface area contributed by atoms with E-state index in [9.17, 15) is 5.11 Å². The van der Waals surface area contributed by atoms with Crippen LogP contribution in [0.1, 0.15) is 41.3 Å². The number of hydrogen-bond acceptors (Lipinski definition) is 5. The highest BCUT2D eigenvalue weighted by Gasteiger charge is 2.35. The van der Waals surface area contributed by atoms with Gasteiger partial charge in [0.2, 0.25) is 0 Å². The van der Waals surface area contributed by atoms with Crippen LogP contribution in [0.3, 0.4) is 0 Å². The first-order valence-corrected chi connectivity index (χ1v) is 11.4. The standard InChI is InChI=1S/C26H31N3O2.2ClH/c1-17-6-9-21-22(26(17)30)14-24(31-25(21)15-27)19-10-12-29(13-11-19)16-20-8-7-18-4-2-3-5-23(18)28-20;;/h2-9,19,24-25,30H,10-16,27H2,1H3;2*1H/t24-,25-;;/m0../s1. The van der Waals surface area contributed by atoms with Crippen LogP contribution in [0.15, 0.2) is 48.5 Å². The number of fused-ring (bicyclic) bond motifs is 2. The van der Waals surface area contributed by atoms with Crippen LogP contribution in [-0.2, 0) is 17.7 Å². The molecule has 0 saturated carbocycles. The zero-order valence-electron chi connectivity index (χ0n) is 18.9. The fourth-order valence-corrected chi connectivity index (χ4v) is 5.19. The van der Waals surface area contributed by atoms with Gasteiger partial charge in [0, 0.05) is 30.5 Å². The van der Waals surface area contributed by atoms with E-state index in [4.69, 9.17) is 15.5 Å². The molecule has 3 aromatic rings. The number of aromatic nitrogens is 1. The van der Waals surface area contributed by atoms with Crippen LogP contribution in [0.4, 0.5) is 0 Å². The molecule has 1 fully saturated rings. The van der Waals surface area contributed by atoms with Gasteiger partial charge in [-0.05, 0) is 62.0 Å². The summed E-state index contributed by atoms with van der Waals surface area (Å²) in [6, 6.07) is 16.6. The van der Waals surface area contributed by atoms with Crippen LogP contribution < -0.4 is 5.73 Å². The second kappa shape index (κ2) is 11.0. The predicted molar refractivity (Wildman–Crippen MR) is 137 cm³/mol. The maximum atomic E-state index is 10.6. The maximum Gasteiger partial charge on any atom is 0.122 e. The molecule has 0 bridgehead atoms. The summed E-state index contributed by atoms with van der Waals surface area (Å²) < 4.78 is 6.43. The Morgan fingerprint density at radius 1 is 1.06 bits per heavy atom.